The fourth-order valence-corrected chi connectivity index (χ4v) is 3.48. The van der Waals surface area contributed by atoms with Gasteiger partial charge in [0.1, 0.15) is 12.1 Å². The number of hydrogen-bond donors (Lipinski definition) is 0. The number of carbonyl (C=O) groups is 1. The van der Waals surface area contributed by atoms with Crippen LogP contribution in [0.4, 0.5) is 5.82 Å². The predicted molar refractivity (Wildman–Crippen MR) is 79.0 cm³/mol. The van der Waals surface area contributed by atoms with Crippen LogP contribution in [0.2, 0.25) is 0 Å². The van der Waals surface area contributed by atoms with Gasteiger partial charge in [-0.2, -0.15) is 0 Å². The highest BCUT2D eigenvalue weighted by Gasteiger charge is 2.28. The number of hydrogen-bond acceptors (Lipinski definition) is 6. The summed E-state index contributed by atoms with van der Waals surface area (Å²) in [6.45, 7) is 3.90. The molecule has 5 nitrogen and oxygen atoms in total. The van der Waals surface area contributed by atoms with Crippen molar-refractivity contribution in [2.75, 3.05) is 24.6 Å². The van der Waals surface area contributed by atoms with Crippen molar-refractivity contribution in [1.82, 2.24) is 9.97 Å². The van der Waals surface area contributed by atoms with Crippen molar-refractivity contribution in [1.29, 1.82) is 0 Å². The molecule has 2 aromatic heterocycles. The highest BCUT2D eigenvalue weighted by Crippen LogP contribution is 2.31. The second-order valence-corrected chi connectivity index (χ2v) is 5.79. The largest absolute Gasteiger partial charge is 0.466 e. The molecule has 0 aliphatic carbocycles. The summed E-state index contributed by atoms with van der Waals surface area (Å²) in [6.07, 6.45) is 3.48. The first-order valence-electron chi connectivity index (χ1n) is 6.89. The van der Waals surface area contributed by atoms with Crippen LogP contribution in [0.15, 0.2) is 17.8 Å². The number of fused-ring (bicyclic) bond motifs is 1. The number of thiophene rings is 1. The molecular weight excluding hydrogens is 274 g/mol. The van der Waals surface area contributed by atoms with E-state index in [4.69, 9.17) is 4.74 Å². The van der Waals surface area contributed by atoms with Crippen LogP contribution in [0.1, 0.15) is 19.8 Å². The van der Waals surface area contributed by atoms with Crippen molar-refractivity contribution < 1.29 is 9.53 Å². The zero-order valence-corrected chi connectivity index (χ0v) is 12.2. The van der Waals surface area contributed by atoms with E-state index in [1.807, 2.05) is 18.4 Å². The molecule has 0 aromatic carbocycles. The van der Waals surface area contributed by atoms with Crippen molar-refractivity contribution in [3.63, 3.8) is 0 Å². The number of rotatable bonds is 3. The minimum absolute atomic E-state index is 0.0475. The van der Waals surface area contributed by atoms with Crippen molar-refractivity contribution in [3.05, 3.63) is 17.8 Å². The summed E-state index contributed by atoms with van der Waals surface area (Å²) in [4.78, 5) is 22.8. The summed E-state index contributed by atoms with van der Waals surface area (Å²) in [7, 11) is 0. The highest BCUT2D eigenvalue weighted by atomic mass is 32.1. The Labute approximate surface area is 121 Å². The molecule has 0 radical (unpaired) electrons. The SMILES string of the molecule is CCOC(=O)C1CCCN(c2ncnc3ccsc23)C1. The van der Waals surface area contributed by atoms with Crippen LogP contribution in [0.5, 0.6) is 0 Å². The summed E-state index contributed by atoms with van der Waals surface area (Å²) in [5.41, 5.74) is 0.971. The molecule has 2 aromatic rings. The molecule has 1 fully saturated rings. The Morgan fingerprint density at radius 3 is 3.30 bits per heavy atom. The number of piperidine rings is 1. The van der Waals surface area contributed by atoms with Gasteiger partial charge in [0.25, 0.3) is 0 Å². The van der Waals surface area contributed by atoms with Crippen LogP contribution in [0.3, 0.4) is 0 Å². The van der Waals surface area contributed by atoms with Crippen molar-refractivity contribution >= 4 is 33.3 Å². The molecule has 3 heterocycles. The van der Waals surface area contributed by atoms with Gasteiger partial charge in [-0.25, -0.2) is 9.97 Å². The lowest BCUT2D eigenvalue weighted by atomic mass is 9.98. The molecule has 1 aliphatic rings. The molecule has 0 bridgehead atoms. The van der Waals surface area contributed by atoms with Gasteiger partial charge in [-0.15, -0.1) is 11.3 Å². The van der Waals surface area contributed by atoms with E-state index in [0.29, 0.717) is 13.2 Å². The Bertz CT molecular complexity index is 613. The second kappa shape index (κ2) is 5.75. The molecule has 1 saturated heterocycles. The maximum Gasteiger partial charge on any atom is 0.310 e. The smallest absolute Gasteiger partial charge is 0.310 e. The Morgan fingerprint density at radius 1 is 1.55 bits per heavy atom. The van der Waals surface area contributed by atoms with E-state index >= 15 is 0 Å². The Balaban J connectivity index is 1.83. The number of nitrogens with zero attached hydrogens (tertiary/aromatic N) is 3. The third kappa shape index (κ3) is 2.47. The molecule has 1 aliphatic heterocycles. The van der Waals surface area contributed by atoms with Crippen molar-refractivity contribution in [2.45, 2.75) is 19.8 Å². The van der Waals surface area contributed by atoms with Gasteiger partial charge >= 0.3 is 5.97 Å². The van der Waals surface area contributed by atoms with Gasteiger partial charge in [0.15, 0.2) is 0 Å². The van der Waals surface area contributed by atoms with E-state index in [0.717, 1.165) is 35.4 Å². The van der Waals surface area contributed by atoms with E-state index in [-0.39, 0.29) is 11.9 Å². The average molecular weight is 291 g/mol. The van der Waals surface area contributed by atoms with E-state index in [9.17, 15) is 4.79 Å². The normalized spacial score (nSPS) is 19.2. The molecule has 6 heteroatoms. The molecule has 0 N–H and O–H groups in total. The van der Waals surface area contributed by atoms with Crippen molar-refractivity contribution in [3.8, 4) is 0 Å². The molecule has 0 spiro atoms. The van der Waals surface area contributed by atoms with E-state index < -0.39 is 0 Å². The van der Waals surface area contributed by atoms with Crippen LogP contribution in [-0.2, 0) is 9.53 Å². The Kier molecular flexibility index (Phi) is 3.82. The summed E-state index contributed by atoms with van der Waals surface area (Å²) in [5, 5.41) is 2.02. The van der Waals surface area contributed by atoms with Gasteiger partial charge in [0, 0.05) is 13.1 Å². The maximum absolute atomic E-state index is 11.9. The summed E-state index contributed by atoms with van der Waals surface area (Å²) in [5.74, 6) is 0.807. The van der Waals surface area contributed by atoms with Gasteiger partial charge in [0.05, 0.1) is 22.7 Å². The summed E-state index contributed by atoms with van der Waals surface area (Å²) in [6, 6.07) is 2.00. The van der Waals surface area contributed by atoms with Gasteiger partial charge in [-0.3, -0.25) is 4.79 Å². The number of anilines is 1. The molecule has 106 valence electrons. The lowest BCUT2D eigenvalue weighted by molar-refractivity contribution is -0.148. The fourth-order valence-electron chi connectivity index (χ4n) is 2.62. The van der Waals surface area contributed by atoms with Crippen molar-refractivity contribution in [2.24, 2.45) is 5.92 Å². The molecule has 1 atom stereocenters. The molecule has 3 rings (SSSR count). The molecule has 20 heavy (non-hydrogen) atoms. The van der Waals surface area contributed by atoms with Gasteiger partial charge < -0.3 is 9.64 Å². The fraction of sp³-hybridized carbons (Fsp3) is 0.500. The summed E-state index contributed by atoms with van der Waals surface area (Å²) < 4.78 is 6.24. The van der Waals surface area contributed by atoms with E-state index in [1.54, 1.807) is 17.7 Å². The number of esters is 1. The van der Waals surface area contributed by atoms with E-state index in [1.165, 1.54) is 0 Å². The van der Waals surface area contributed by atoms with Gasteiger partial charge in [-0.05, 0) is 31.2 Å². The minimum Gasteiger partial charge on any atom is -0.466 e. The minimum atomic E-state index is -0.0892. The summed E-state index contributed by atoms with van der Waals surface area (Å²) >= 11 is 1.64. The first-order valence-corrected chi connectivity index (χ1v) is 7.77. The third-order valence-electron chi connectivity index (χ3n) is 3.57. The van der Waals surface area contributed by atoms with Crippen LogP contribution in [0, 0.1) is 5.92 Å². The van der Waals surface area contributed by atoms with E-state index in [2.05, 4.69) is 14.9 Å². The first kappa shape index (κ1) is 13.3. The number of carbonyl (C=O) groups excluding carboxylic acids is 1. The Morgan fingerprint density at radius 2 is 2.45 bits per heavy atom. The highest BCUT2D eigenvalue weighted by molar-refractivity contribution is 7.17. The predicted octanol–water partition coefficient (Wildman–Crippen LogP) is 2.47. The third-order valence-corrected chi connectivity index (χ3v) is 4.46. The lowest BCUT2D eigenvalue weighted by Gasteiger charge is -2.32. The number of aromatic nitrogens is 2. The van der Waals surface area contributed by atoms with Gasteiger partial charge in [0.2, 0.25) is 0 Å². The molecular formula is C14H17N3O2S. The number of ether oxygens (including phenoxy) is 1. The maximum atomic E-state index is 11.9. The zero-order valence-electron chi connectivity index (χ0n) is 11.4. The monoisotopic (exact) mass is 291 g/mol. The standard InChI is InChI=1S/C14H17N3O2S/c1-2-19-14(18)10-4-3-6-17(8-10)13-12-11(5-7-20-12)15-9-16-13/h5,7,9-10H,2-4,6,8H2,1H3. The van der Waals surface area contributed by atoms with Crippen LogP contribution >= 0.6 is 11.3 Å². The molecule has 0 saturated carbocycles. The lowest BCUT2D eigenvalue weighted by Crippen LogP contribution is -2.39. The topological polar surface area (TPSA) is 55.3 Å². The first-order chi connectivity index (χ1) is 9.79. The van der Waals surface area contributed by atoms with Crippen LogP contribution < -0.4 is 4.90 Å². The Hall–Kier alpha value is -1.69. The quantitative estimate of drug-likeness (QED) is 0.813. The molecule has 0 amide bonds. The second-order valence-electron chi connectivity index (χ2n) is 4.87. The van der Waals surface area contributed by atoms with Crippen LogP contribution in [0.25, 0.3) is 10.2 Å². The van der Waals surface area contributed by atoms with Crippen LogP contribution in [-0.4, -0.2) is 35.6 Å². The molecule has 1 unspecified atom stereocenters. The van der Waals surface area contributed by atoms with Gasteiger partial charge in [-0.1, -0.05) is 0 Å². The average Bonchev–Trinajstić information content (AvgIpc) is 2.96. The zero-order chi connectivity index (χ0) is 13.9.